The van der Waals surface area contributed by atoms with Gasteiger partial charge in [-0.3, -0.25) is 23.6 Å². The van der Waals surface area contributed by atoms with Gasteiger partial charge in [-0.2, -0.15) is 9.63 Å². The summed E-state index contributed by atoms with van der Waals surface area (Å²) in [5.41, 5.74) is -1.07. The molecule has 34 heavy (non-hydrogen) atoms. The molecule has 0 aliphatic carbocycles. The largest absolute Gasteiger partial charge is 0.350 e. The number of nitrogens with zero attached hydrogens (tertiary/aromatic N) is 3. The molecule has 1 aliphatic rings. The fourth-order valence-corrected chi connectivity index (χ4v) is 6.16. The van der Waals surface area contributed by atoms with E-state index in [1.807, 2.05) is 0 Å². The summed E-state index contributed by atoms with van der Waals surface area (Å²) in [6.45, 7) is 3.77. The maximum Gasteiger partial charge on any atom is 0.350 e. The number of carbonyl (C=O) groups is 1. The molecule has 2 aromatic carbocycles. The molecular formula is C23H26N3O7P. The predicted molar refractivity (Wildman–Crippen MR) is 126 cm³/mol. The molecule has 1 aromatic heterocycles. The molecule has 2 atom stereocenters. The monoisotopic (exact) mass is 487 g/mol. The third-order valence-electron chi connectivity index (χ3n) is 5.61. The number of hydroxylamine groups is 2. The molecule has 0 spiro atoms. The van der Waals surface area contributed by atoms with Crippen molar-refractivity contribution in [1.82, 2.24) is 14.2 Å². The highest BCUT2D eigenvalue weighted by molar-refractivity contribution is 7.54. The smallest absolute Gasteiger partial charge is 0.308 e. The summed E-state index contributed by atoms with van der Waals surface area (Å²) in [6, 6.07) is 14.6. The summed E-state index contributed by atoms with van der Waals surface area (Å²) in [5.74, 6) is -1.53. The van der Waals surface area contributed by atoms with Crippen LogP contribution in [0.4, 0.5) is 0 Å². The summed E-state index contributed by atoms with van der Waals surface area (Å²) >= 11 is 0. The number of rotatable bonds is 7. The summed E-state index contributed by atoms with van der Waals surface area (Å²) in [4.78, 5) is 45.9. The lowest BCUT2D eigenvalue weighted by molar-refractivity contribution is -0.158. The number of para-hydroxylation sites is 1. The molecule has 180 valence electrons. The van der Waals surface area contributed by atoms with Crippen LogP contribution in [0, 0.1) is 0 Å². The third kappa shape index (κ3) is 4.19. The summed E-state index contributed by atoms with van der Waals surface area (Å²) in [5, 5.41) is 1.53. The van der Waals surface area contributed by atoms with E-state index in [1.54, 1.807) is 63.4 Å². The fraction of sp³-hybridized carbons (Fsp3) is 0.348. The molecule has 0 amide bonds. The van der Waals surface area contributed by atoms with Crippen molar-refractivity contribution in [3.05, 3.63) is 81.0 Å². The molecule has 0 N–H and O–H groups in total. The second-order valence-corrected chi connectivity index (χ2v) is 9.87. The fourth-order valence-electron chi connectivity index (χ4n) is 4.13. The van der Waals surface area contributed by atoms with Crippen molar-refractivity contribution in [3.8, 4) is 0 Å². The number of fused-ring (bicyclic) bond motifs is 1. The first-order valence-electron chi connectivity index (χ1n) is 11.0. The maximum atomic E-state index is 13.6. The molecule has 4 rings (SSSR count). The number of hydrogen-bond donors (Lipinski definition) is 0. The van der Waals surface area contributed by atoms with Gasteiger partial charge in [0.15, 0.2) is 6.23 Å². The number of carbonyl (C=O) groups excluding carboxylic acids is 1. The van der Waals surface area contributed by atoms with Crippen molar-refractivity contribution in [2.45, 2.75) is 32.3 Å². The van der Waals surface area contributed by atoms with Crippen molar-refractivity contribution >= 4 is 24.4 Å². The van der Waals surface area contributed by atoms with E-state index in [1.165, 1.54) is 21.8 Å². The Balaban J connectivity index is 1.87. The zero-order valence-corrected chi connectivity index (χ0v) is 20.0. The van der Waals surface area contributed by atoms with Crippen LogP contribution in [0.3, 0.4) is 0 Å². The van der Waals surface area contributed by atoms with E-state index in [0.717, 1.165) is 0 Å². The van der Waals surface area contributed by atoms with Crippen molar-refractivity contribution < 1.29 is 23.2 Å². The van der Waals surface area contributed by atoms with Gasteiger partial charge in [-0.15, -0.1) is 0 Å². The molecule has 1 fully saturated rings. The van der Waals surface area contributed by atoms with Crippen molar-refractivity contribution in [2.75, 3.05) is 20.3 Å². The van der Waals surface area contributed by atoms with Gasteiger partial charge in [-0.1, -0.05) is 30.3 Å². The minimum Gasteiger partial charge on any atom is -0.308 e. The average molecular weight is 487 g/mol. The maximum absolute atomic E-state index is 13.6. The van der Waals surface area contributed by atoms with Crippen molar-refractivity contribution in [3.63, 3.8) is 0 Å². The van der Waals surface area contributed by atoms with Gasteiger partial charge in [0.2, 0.25) is 0 Å². The van der Waals surface area contributed by atoms with Crippen LogP contribution in [-0.4, -0.2) is 46.1 Å². The minimum atomic E-state index is -3.59. The highest BCUT2D eigenvalue weighted by atomic mass is 31.2. The van der Waals surface area contributed by atoms with E-state index in [9.17, 15) is 18.9 Å². The Morgan fingerprint density at radius 2 is 1.65 bits per heavy atom. The van der Waals surface area contributed by atoms with Crippen LogP contribution >= 0.6 is 7.60 Å². The lowest BCUT2D eigenvalue weighted by Gasteiger charge is -2.25. The van der Waals surface area contributed by atoms with Crippen LogP contribution in [0.5, 0.6) is 0 Å². The first-order valence-corrected chi connectivity index (χ1v) is 12.6. The molecular weight excluding hydrogens is 461 g/mol. The van der Waals surface area contributed by atoms with Gasteiger partial charge >= 0.3 is 13.3 Å². The minimum absolute atomic E-state index is 0.0788. The predicted octanol–water partition coefficient (Wildman–Crippen LogP) is 3.21. The second-order valence-electron chi connectivity index (χ2n) is 7.68. The molecule has 0 saturated carbocycles. The lowest BCUT2D eigenvalue weighted by atomic mass is 10.2. The van der Waals surface area contributed by atoms with Gasteiger partial charge in [-0.25, -0.2) is 4.79 Å². The molecule has 1 saturated heterocycles. The Morgan fingerprint density at radius 3 is 2.29 bits per heavy atom. The molecule has 1 aliphatic heterocycles. The first kappa shape index (κ1) is 24.3. The normalized spacial score (nSPS) is 19.0. The Morgan fingerprint density at radius 1 is 1.03 bits per heavy atom. The number of benzene rings is 2. The van der Waals surface area contributed by atoms with E-state index >= 15 is 0 Å². The van der Waals surface area contributed by atoms with Gasteiger partial charge in [0.25, 0.3) is 11.5 Å². The summed E-state index contributed by atoms with van der Waals surface area (Å²) < 4.78 is 26.2. The Bertz CT molecular complexity index is 1360. The SMILES string of the molecule is CCOP(=O)(OCC)[C@H]1C[C@@H](n2c(=O)n(C(=O)c3ccccc3)c(=O)c3ccccc32)ON1C. The average Bonchev–Trinajstić information content (AvgIpc) is 3.22. The standard InChI is InChI=1S/C23H26N3O7P/c1-4-31-34(30,32-5-2)20-15-19(33-24(20)3)25-18-14-10-9-13-17(18)22(28)26(23(25)29)21(27)16-11-7-6-8-12-16/h6-14,19-20H,4-5,15H2,1-3H3/t19-,20-/m0/s1. The van der Waals surface area contributed by atoms with E-state index in [-0.39, 0.29) is 30.6 Å². The molecule has 11 heteroatoms. The van der Waals surface area contributed by atoms with Gasteiger partial charge in [0, 0.05) is 19.0 Å². The van der Waals surface area contributed by atoms with Gasteiger partial charge in [0.05, 0.1) is 24.1 Å². The van der Waals surface area contributed by atoms with E-state index in [2.05, 4.69) is 0 Å². The van der Waals surface area contributed by atoms with Crippen LogP contribution in [0.25, 0.3) is 10.9 Å². The van der Waals surface area contributed by atoms with E-state index in [4.69, 9.17) is 13.9 Å². The third-order valence-corrected chi connectivity index (χ3v) is 8.11. The Hall–Kier alpha value is -2.88. The van der Waals surface area contributed by atoms with Crippen molar-refractivity contribution in [1.29, 1.82) is 0 Å². The number of hydrogen-bond acceptors (Lipinski definition) is 8. The van der Waals surface area contributed by atoms with Gasteiger partial charge in [0.1, 0.15) is 5.78 Å². The molecule has 0 bridgehead atoms. The van der Waals surface area contributed by atoms with E-state index < -0.39 is 36.8 Å². The van der Waals surface area contributed by atoms with Gasteiger partial charge in [-0.05, 0) is 38.1 Å². The molecule has 0 radical (unpaired) electrons. The first-order chi connectivity index (χ1) is 16.3. The van der Waals surface area contributed by atoms with Crippen LogP contribution in [0.2, 0.25) is 0 Å². The van der Waals surface area contributed by atoms with Crippen molar-refractivity contribution in [2.24, 2.45) is 0 Å². The zero-order valence-electron chi connectivity index (χ0n) is 19.1. The zero-order chi connectivity index (χ0) is 24.5. The molecule has 10 nitrogen and oxygen atoms in total. The highest BCUT2D eigenvalue weighted by Crippen LogP contribution is 2.58. The topological polar surface area (TPSA) is 109 Å². The van der Waals surface area contributed by atoms with Gasteiger partial charge < -0.3 is 9.05 Å². The Kier molecular flexibility index (Phi) is 6.97. The van der Waals surface area contributed by atoms with Crippen LogP contribution in [0.1, 0.15) is 36.9 Å². The summed E-state index contributed by atoms with van der Waals surface area (Å²) in [6.07, 6.45) is -0.868. The van der Waals surface area contributed by atoms with Crippen LogP contribution in [-0.2, 0) is 18.5 Å². The molecule has 3 aromatic rings. The quantitative estimate of drug-likeness (QED) is 0.468. The lowest BCUT2D eigenvalue weighted by Crippen LogP contribution is -2.45. The molecule has 2 heterocycles. The van der Waals surface area contributed by atoms with Crippen LogP contribution < -0.4 is 11.2 Å². The Labute approximate surface area is 195 Å². The molecule has 0 unspecified atom stereocenters. The summed E-state index contributed by atoms with van der Waals surface area (Å²) in [7, 11) is -2.02. The van der Waals surface area contributed by atoms with Crippen LogP contribution in [0.15, 0.2) is 64.2 Å². The highest BCUT2D eigenvalue weighted by Gasteiger charge is 2.47. The second kappa shape index (κ2) is 9.77. The number of aromatic nitrogens is 2. The van der Waals surface area contributed by atoms with E-state index in [0.29, 0.717) is 10.1 Å².